The van der Waals surface area contributed by atoms with Gasteiger partial charge in [0, 0.05) is 25.7 Å². The third-order valence-corrected chi connectivity index (χ3v) is 5.33. The zero-order chi connectivity index (χ0) is 16.8. The number of hydrogen-bond donors (Lipinski definition) is 0. The van der Waals surface area contributed by atoms with Crippen LogP contribution in [0.1, 0.15) is 44.6 Å². The van der Waals surface area contributed by atoms with Crippen LogP contribution in [0.25, 0.3) is 0 Å². The van der Waals surface area contributed by atoms with Gasteiger partial charge >= 0.3 is 0 Å². The van der Waals surface area contributed by atoms with E-state index in [1.807, 2.05) is 24.3 Å². The lowest BCUT2D eigenvalue weighted by atomic mass is 9.99. The van der Waals surface area contributed by atoms with Crippen molar-refractivity contribution in [3.63, 3.8) is 0 Å². The van der Waals surface area contributed by atoms with Gasteiger partial charge in [0.25, 0.3) is 0 Å². The molecule has 4 nitrogen and oxygen atoms in total. The Morgan fingerprint density at radius 1 is 1.21 bits per heavy atom. The van der Waals surface area contributed by atoms with Gasteiger partial charge in [0.2, 0.25) is 0 Å². The van der Waals surface area contributed by atoms with E-state index in [0.717, 1.165) is 18.2 Å². The molecule has 24 heavy (non-hydrogen) atoms. The van der Waals surface area contributed by atoms with Gasteiger partial charge in [0.15, 0.2) is 0 Å². The van der Waals surface area contributed by atoms with Gasteiger partial charge in [-0.05, 0) is 70.0 Å². The van der Waals surface area contributed by atoms with Crippen molar-refractivity contribution in [2.75, 3.05) is 32.7 Å². The van der Waals surface area contributed by atoms with Crippen LogP contribution < -0.4 is 4.74 Å². The summed E-state index contributed by atoms with van der Waals surface area (Å²) in [6, 6.07) is 10.3. The Kier molecular flexibility index (Phi) is 6.12. The molecule has 0 aliphatic carbocycles. The average molecular weight is 327 g/mol. The first-order chi connectivity index (χ1) is 11.7. The summed E-state index contributed by atoms with van der Waals surface area (Å²) >= 11 is 0. The molecule has 2 unspecified atom stereocenters. The van der Waals surface area contributed by atoms with E-state index in [-0.39, 0.29) is 6.10 Å². The highest BCUT2D eigenvalue weighted by Crippen LogP contribution is 2.21. The van der Waals surface area contributed by atoms with Crippen molar-refractivity contribution in [2.24, 2.45) is 0 Å². The van der Waals surface area contributed by atoms with Crippen LogP contribution in [0.3, 0.4) is 0 Å². The van der Waals surface area contributed by atoms with Crippen molar-refractivity contribution in [2.45, 2.75) is 51.2 Å². The van der Waals surface area contributed by atoms with Crippen molar-refractivity contribution >= 4 is 0 Å². The second kappa shape index (κ2) is 8.50. The summed E-state index contributed by atoms with van der Waals surface area (Å²) in [5, 5.41) is 8.82. The summed E-state index contributed by atoms with van der Waals surface area (Å²) in [5.41, 5.74) is 0.678. The summed E-state index contributed by atoms with van der Waals surface area (Å²) in [7, 11) is 0. The maximum Gasteiger partial charge on any atom is 0.119 e. The second-order valence-electron chi connectivity index (χ2n) is 7.19. The minimum atomic E-state index is 0.217. The van der Waals surface area contributed by atoms with Crippen molar-refractivity contribution in [3.8, 4) is 11.8 Å². The molecule has 0 spiro atoms. The Hall–Kier alpha value is -1.57. The van der Waals surface area contributed by atoms with Crippen molar-refractivity contribution in [1.82, 2.24) is 9.80 Å². The molecule has 2 aliphatic heterocycles. The van der Waals surface area contributed by atoms with Crippen LogP contribution in [0, 0.1) is 11.3 Å². The number of benzene rings is 1. The summed E-state index contributed by atoms with van der Waals surface area (Å²) in [5.74, 6) is 0.859. The predicted molar refractivity (Wildman–Crippen MR) is 96.1 cm³/mol. The molecule has 4 heteroatoms. The first-order valence-electron chi connectivity index (χ1n) is 9.38. The Labute approximate surface area is 146 Å². The lowest BCUT2D eigenvalue weighted by Gasteiger charge is -2.44. The first kappa shape index (κ1) is 17.3. The van der Waals surface area contributed by atoms with Crippen molar-refractivity contribution in [3.05, 3.63) is 29.8 Å². The summed E-state index contributed by atoms with van der Waals surface area (Å²) in [4.78, 5) is 5.33. The average Bonchev–Trinajstić information content (AvgIpc) is 2.62. The van der Waals surface area contributed by atoms with Gasteiger partial charge in [0.05, 0.1) is 17.7 Å². The normalized spacial score (nSPS) is 23.2. The Bertz CT molecular complexity index is 551. The Balaban J connectivity index is 1.35. The summed E-state index contributed by atoms with van der Waals surface area (Å²) in [6.07, 6.45) is 6.66. The molecule has 0 amide bonds. The van der Waals surface area contributed by atoms with Crippen molar-refractivity contribution in [1.29, 1.82) is 5.26 Å². The zero-order valence-electron chi connectivity index (χ0n) is 14.8. The molecule has 1 aromatic rings. The molecule has 0 bridgehead atoms. The maximum absolute atomic E-state index is 8.82. The van der Waals surface area contributed by atoms with Crippen LogP contribution in [-0.2, 0) is 0 Å². The first-order valence-corrected chi connectivity index (χ1v) is 9.38. The van der Waals surface area contributed by atoms with E-state index in [1.54, 1.807) is 0 Å². The number of hydrogen-bond acceptors (Lipinski definition) is 4. The lowest BCUT2D eigenvalue weighted by Crippen LogP contribution is -2.54. The third kappa shape index (κ3) is 4.72. The molecular weight excluding hydrogens is 298 g/mol. The molecule has 1 aromatic carbocycles. The van der Waals surface area contributed by atoms with E-state index in [1.165, 1.54) is 58.4 Å². The SMILES string of the molecule is CC(CCCN1CCN2CCCCC2C1)Oc1ccc(C#N)cc1. The molecule has 2 fully saturated rings. The smallest absolute Gasteiger partial charge is 0.119 e. The highest BCUT2D eigenvalue weighted by atomic mass is 16.5. The molecule has 2 aliphatic rings. The quantitative estimate of drug-likeness (QED) is 0.804. The lowest BCUT2D eigenvalue weighted by molar-refractivity contribution is 0.0472. The fourth-order valence-electron chi connectivity index (χ4n) is 3.93. The van der Waals surface area contributed by atoms with Crippen LogP contribution in [-0.4, -0.2) is 54.7 Å². The van der Waals surface area contributed by atoms with E-state index in [2.05, 4.69) is 22.8 Å². The van der Waals surface area contributed by atoms with Gasteiger partial charge in [-0.15, -0.1) is 0 Å². The third-order valence-electron chi connectivity index (χ3n) is 5.33. The van der Waals surface area contributed by atoms with Gasteiger partial charge in [0.1, 0.15) is 5.75 Å². The molecule has 2 saturated heterocycles. The number of fused-ring (bicyclic) bond motifs is 1. The van der Waals surface area contributed by atoms with Crippen molar-refractivity contribution < 1.29 is 4.74 Å². The maximum atomic E-state index is 8.82. The summed E-state index contributed by atoms with van der Waals surface area (Å²) < 4.78 is 5.95. The molecule has 0 aromatic heterocycles. The minimum Gasteiger partial charge on any atom is -0.491 e. The topological polar surface area (TPSA) is 39.5 Å². The van der Waals surface area contributed by atoms with E-state index in [9.17, 15) is 0 Å². The highest BCUT2D eigenvalue weighted by molar-refractivity contribution is 5.34. The Morgan fingerprint density at radius 2 is 2.04 bits per heavy atom. The van der Waals surface area contributed by atoms with Gasteiger partial charge in [-0.3, -0.25) is 4.90 Å². The number of nitrogens with zero attached hydrogens (tertiary/aromatic N) is 3. The molecule has 0 saturated carbocycles. The van der Waals surface area contributed by atoms with E-state index in [0.29, 0.717) is 5.56 Å². The van der Waals surface area contributed by atoms with Crippen LogP contribution in [0.4, 0.5) is 0 Å². The molecule has 2 atom stereocenters. The highest BCUT2D eigenvalue weighted by Gasteiger charge is 2.28. The monoisotopic (exact) mass is 327 g/mol. The fraction of sp³-hybridized carbons (Fsp3) is 0.650. The number of ether oxygens (including phenoxy) is 1. The van der Waals surface area contributed by atoms with E-state index in [4.69, 9.17) is 10.00 Å². The molecule has 130 valence electrons. The molecule has 3 rings (SSSR count). The Morgan fingerprint density at radius 3 is 2.83 bits per heavy atom. The largest absolute Gasteiger partial charge is 0.491 e. The predicted octanol–water partition coefficient (Wildman–Crippen LogP) is 3.28. The minimum absolute atomic E-state index is 0.217. The van der Waals surface area contributed by atoms with Crippen LogP contribution in [0.15, 0.2) is 24.3 Å². The van der Waals surface area contributed by atoms with Gasteiger partial charge in [-0.25, -0.2) is 0 Å². The summed E-state index contributed by atoms with van der Waals surface area (Å²) in [6.45, 7) is 8.37. The standard InChI is InChI=1S/C20H29N3O/c1-17(24-20-9-7-18(15-21)8-10-20)5-4-11-22-13-14-23-12-3-2-6-19(23)16-22/h7-10,17,19H,2-6,11-14,16H2,1H3. The molecular formula is C20H29N3O. The molecule has 2 heterocycles. The van der Waals surface area contributed by atoms with Gasteiger partial charge in [-0.1, -0.05) is 6.42 Å². The fourth-order valence-corrected chi connectivity index (χ4v) is 3.93. The number of piperazine rings is 1. The van der Waals surface area contributed by atoms with Gasteiger partial charge < -0.3 is 9.64 Å². The van der Waals surface area contributed by atoms with E-state index < -0.39 is 0 Å². The number of nitriles is 1. The van der Waals surface area contributed by atoms with Crippen LogP contribution >= 0.6 is 0 Å². The molecule has 0 N–H and O–H groups in total. The molecule has 0 radical (unpaired) electrons. The number of rotatable bonds is 6. The van der Waals surface area contributed by atoms with Crippen LogP contribution in [0.2, 0.25) is 0 Å². The van der Waals surface area contributed by atoms with Gasteiger partial charge in [-0.2, -0.15) is 5.26 Å². The number of piperidine rings is 1. The zero-order valence-corrected chi connectivity index (χ0v) is 14.8. The van der Waals surface area contributed by atoms with Crippen LogP contribution in [0.5, 0.6) is 5.75 Å². The second-order valence-corrected chi connectivity index (χ2v) is 7.19. The van der Waals surface area contributed by atoms with E-state index >= 15 is 0 Å².